The molecule has 0 atom stereocenters. The summed E-state index contributed by atoms with van der Waals surface area (Å²) >= 11 is 0. The molecule has 0 bridgehead atoms. The van der Waals surface area contributed by atoms with E-state index in [9.17, 15) is 9.59 Å². The van der Waals surface area contributed by atoms with E-state index in [0.29, 0.717) is 18.1 Å². The van der Waals surface area contributed by atoms with Crippen molar-refractivity contribution in [3.63, 3.8) is 0 Å². The fourth-order valence-electron chi connectivity index (χ4n) is 5.78. The minimum Gasteiger partial charge on any atom is -0.487 e. The van der Waals surface area contributed by atoms with Gasteiger partial charge in [-0.2, -0.15) is 0 Å². The zero-order chi connectivity index (χ0) is 29.4. The Morgan fingerprint density at radius 1 is 1.00 bits per heavy atom. The second kappa shape index (κ2) is 10.9. The molecule has 0 amide bonds. The molecule has 0 unspecified atom stereocenters. The number of nitrogens with zero attached hydrogens (tertiary/aromatic N) is 3. The molecule has 8 heteroatoms. The highest BCUT2D eigenvalue weighted by atomic mass is 16.5. The second-order valence-corrected chi connectivity index (χ2v) is 11.5. The summed E-state index contributed by atoms with van der Waals surface area (Å²) in [7, 11) is 0. The van der Waals surface area contributed by atoms with Crippen molar-refractivity contribution in [1.82, 2.24) is 19.7 Å². The van der Waals surface area contributed by atoms with Crippen molar-refractivity contribution < 1.29 is 9.26 Å². The summed E-state index contributed by atoms with van der Waals surface area (Å²) < 4.78 is 12.5. The molecule has 0 aliphatic carbocycles. The van der Waals surface area contributed by atoms with Gasteiger partial charge in [-0.15, -0.1) is 0 Å². The molecule has 0 radical (unpaired) electrons. The Hall–Kier alpha value is -4.72. The van der Waals surface area contributed by atoms with Crippen LogP contribution in [0.15, 0.2) is 80.8 Å². The molecule has 2 aromatic heterocycles. The number of hydrogen-bond acceptors (Lipinski definition) is 6. The van der Waals surface area contributed by atoms with Crippen molar-refractivity contribution in [3.05, 3.63) is 116 Å². The molecule has 5 aromatic rings. The Morgan fingerprint density at radius 3 is 2.48 bits per heavy atom. The molecule has 1 aliphatic rings. The van der Waals surface area contributed by atoms with Crippen LogP contribution in [-0.4, -0.2) is 25.3 Å². The van der Waals surface area contributed by atoms with Crippen LogP contribution in [0, 0.1) is 6.92 Å². The highest BCUT2D eigenvalue weighted by Crippen LogP contribution is 2.36. The monoisotopic (exact) mass is 562 g/mol. The van der Waals surface area contributed by atoms with Crippen LogP contribution in [0.1, 0.15) is 61.8 Å². The van der Waals surface area contributed by atoms with Gasteiger partial charge in [0.2, 0.25) is 0 Å². The molecule has 0 saturated carbocycles. The first-order valence-corrected chi connectivity index (χ1v) is 14.4. The van der Waals surface area contributed by atoms with Crippen LogP contribution in [0.25, 0.3) is 28.2 Å². The Labute approximate surface area is 244 Å². The van der Waals surface area contributed by atoms with E-state index in [2.05, 4.69) is 37.0 Å². The number of H-pyrrole nitrogens is 1. The van der Waals surface area contributed by atoms with Crippen LogP contribution in [0.5, 0.6) is 5.75 Å². The van der Waals surface area contributed by atoms with Gasteiger partial charge in [0.15, 0.2) is 5.82 Å². The summed E-state index contributed by atoms with van der Waals surface area (Å²) in [6.45, 7) is 8.20. The van der Waals surface area contributed by atoms with Gasteiger partial charge in [0, 0.05) is 29.5 Å². The average molecular weight is 563 g/mol. The number of ether oxygens (including phenoxy) is 1. The van der Waals surface area contributed by atoms with Crippen LogP contribution < -0.4 is 16.1 Å². The molecular formula is C34H34N4O4. The molecule has 42 heavy (non-hydrogen) atoms. The van der Waals surface area contributed by atoms with Crippen LogP contribution >= 0.6 is 0 Å². The van der Waals surface area contributed by atoms with E-state index in [0.717, 1.165) is 76.2 Å². The maximum atomic E-state index is 14.1. The van der Waals surface area contributed by atoms with E-state index in [1.54, 1.807) is 4.57 Å². The SMILES string of the molecule is CCCCc1nc(C)n(-c2ccc3c(c2)CC(C)(C)O3)c(=O)c1Cc1ccc(-c2ccccc2-c2noc(=O)[nH]2)cc1. The van der Waals surface area contributed by atoms with Gasteiger partial charge < -0.3 is 4.74 Å². The number of nitrogens with one attached hydrogen (secondary N) is 1. The van der Waals surface area contributed by atoms with E-state index in [1.165, 1.54) is 0 Å². The van der Waals surface area contributed by atoms with Gasteiger partial charge in [0.05, 0.1) is 11.4 Å². The fraction of sp³-hybridized carbons (Fsp3) is 0.294. The molecule has 3 heterocycles. The highest BCUT2D eigenvalue weighted by Gasteiger charge is 2.30. The third-order valence-electron chi connectivity index (χ3n) is 7.77. The molecule has 214 valence electrons. The van der Waals surface area contributed by atoms with E-state index in [1.807, 2.05) is 67.6 Å². The maximum Gasteiger partial charge on any atom is 0.439 e. The van der Waals surface area contributed by atoms with E-state index < -0.39 is 5.76 Å². The lowest BCUT2D eigenvalue weighted by Crippen LogP contribution is -2.28. The number of fused-ring (bicyclic) bond motifs is 1. The first-order valence-electron chi connectivity index (χ1n) is 14.4. The minimum absolute atomic E-state index is 0.0314. The Kier molecular flexibility index (Phi) is 7.14. The lowest BCUT2D eigenvalue weighted by Gasteiger charge is -2.17. The topological polar surface area (TPSA) is 103 Å². The molecule has 0 saturated heterocycles. The van der Waals surface area contributed by atoms with Crippen LogP contribution in [0.3, 0.4) is 0 Å². The molecule has 6 rings (SSSR count). The Bertz CT molecular complexity index is 1880. The number of benzene rings is 3. The maximum absolute atomic E-state index is 14.1. The van der Waals surface area contributed by atoms with Gasteiger partial charge in [-0.3, -0.25) is 18.9 Å². The van der Waals surface area contributed by atoms with Gasteiger partial charge in [-0.25, -0.2) is 9.78 Å². The standard InChI is InChI=1S/C34H34N4O4/c1-5-6-11-29-28(32(39)38(21(2)35-29)25-16-17-30-24(19-25)20-34(3,4)41-30)18-22-12-14-23(15-13-22)26-9-7-8-10-27(26)31-36-33(40)42-37-31/h7-10,12-17,19H,5-6,11,18,20H2,1-4H3,(H,36,37,40). The molecule has 3 aromatic carbocycles. The van der Waals surface area contributed by atoms with Crippen molar-refractivity contribution in [3.8, 4) is 34.0 Å². The molecule has 8 nitrogen and oxygen atoms in total. The van der Waals surface area contributed by atoms with Crippen molar-refractivity contribution in [2.24, 2.45) is 0 Å². The summed E-state index contributed by atoms with van der Waals surface area (Å²) in [5.74, 6) is 1.35. The molecule has 1 aliphatic heterocycles. The largest absolute Gasteiger partial charge is 0.487 e. The summed E-state index contributed by atoms with van der Waals surface area (Å²) in [6, 6.07) is 21.8. The van der Waals surface area contributed by atoms with Gasteiger partial charge in [-0.1, -0.05) is 67.0 Å². The zero-order valence-corrected chi connectivity index (χ0v) is 24.4. The number of aryl methyl sites for hydroxylation is 2. The second-order valence-electron chi connectivity index (χ2n) is 11.5. The Morgan fingerprint density at radius 2 is 1.76 bits per heavy atom. The highest BCUT2D eigenvalue weighted by molar-refractivity contribution is 5.80. The normalized spacial score (nSPS) is 13.6. The third-order valence-corrected chi connectivity index (χ3v) is 7.77. The van der Waals surface area contributed by atoms with E-state index >= 15 is 0 Å². The first kappa shape index (κ1) is 27.4. The minimum atomic E-state index is -0.594. The van der Waals surface area contributed by atoms with Crippen molar-refractivity contribution in [2.75, 3.05) is 0 Å². The molecule has 0 spiro atoms. The average Bonchev–Trinajstić information content (AvgIpc) is 3.54. The fourth-order valence-corrected chi connectivity index (χ4v) is 5.78. The van der Waals surface area contributed by atoms with Crippen LogP contribution in [0.4, 0.5) is 0 Å². The number of hydrogen-bond donors (Lipinski definition) is 1. The number of unbranched alkanes of at least 4 members (excludes halogenated alkanes) is 1. The third kappa shape index (κ3) is 5.32. The van der Waals surface area contributed by atoms with Gasteiger partial charge in [-0.05, 0) is 68.5 Å². The van der Waals surface area contributed by atoms with Gasteiger partial charge in [0.1, 0.15) is 17.2 Å². The van der Waals surface area contributed by atoms with E-state index in [-0.39, 0.29) is 11.2 Å². The number of rotatable bonds is 8. The molecule has 1 N–H and O–H groups in total. The predicted molar refractivity (Wildman–Crippen MR) is 162 cm³/mol. The summed E-state index contributed by atoms with van der Waals surface area (Å²) in [5, 5.41) is 3.86. The quantitative estimate of drug-likeness (QED) is 0.242. The van der Waals surface area contributed by atoms with Crippen molar-refractivity contribution in [1.29, 1.82) is 0 Å². The van der Waals surface area contributed by atoms with Crippen molar-refractivity contribution >= 4 is 0 Å². The number of aromatic nitrogens is 4. The summed E-state index contributed by atoms with van der Waals surface area (Å²) in [5.41, 5.74) is 6.88. The zero-order valence-electron chi connectivity index (χ0n) is 24.4. The lowest BCUT2D eigenvalue weighted by molar-refractivity contribution is 0.138. The lowest BCUT2D eigenvalue weighted by atomic mass is 9.96. The first-order chi connectivity index (χ1) is 20.2. The van der Waals surface area contributed by atoms with Crippen LogP contribution in [0.2, 0.25) is 0 Å². The van der Waals surface area contributed by atoms with Gasteiger partial charge >= 0.3 is 5.76 Å². The van der Waals surface area contributed by atoms with Gasteiger partial charge in [0.25, 0.3) is 5.56 Å². The Balaban J connectivity index is 1.36. The van der Waals surface area contributed by atoms with Crippen molar-refractivity contribution in [2.45, 2.75) is 65.4 Å². The molecular weight excluding hydrogens is 528 g/mol. The van der Waals surface area contributed by atoms with Crippen LogP contribution in [-0.2, 0) is 19.3 Å². The predicted octanol–water partition coefficient (Wildman–Crippen LogP) is 6.20. The summed E-state index contributed by atoms with van der Waals surface area (Å²) in [4.78, 5) is 33.3. The van der Waals surface area contributed by atoms with E-state index in [4.69, 9.17) is 14.2 Å². The number of aromatic amines is 1. The summed E-state index contributed by atoms with van der Waals surface area (Å²) in [6.07, 6.45) is 4.02. The smallest absolute Gasteiger partial charge is 0.439 e. The molecule has 0 fully saturated rings.